The van der Waals surface area contributed by atoms with Crippen LogP contribution in [0, 0.1) is 0 Å². The van der Waals surface area contributed by atoms with Gasteiger partial charge in [0.2, 0.25) is 0 Å². The first-order chi connectivity index (χ1) is 15.5. The number of halogens is 1. The molecule has 2 atom stereocenters. The summed E-state index contributed by atoms with van der Waals surface area (Å²) in [5.74, 6) is -0.368. The Balaban J connectivity index is 1.55. The summed E-state index contributed by atoms with van der Waals surface area (Å²) in [5, 5.41) is 4.39. The van der Waals surface area contributed by atoms with Crippen LogP contribution in [0.25, 0.3) is 0 Å². The van der Waals surface area contributed by atoms with Crippen molar-refractivity contribution in [2.45, 2.75) is 25.4 Å². The zero-order chi connectivity index (χ0) is 22.2. The number of para-hydroxylation sites is 1. The van der Waals surface area contributed by atoms with E-state index >= 15 is 0 Å². The second-order valence-corrected chi connectivity index (χ2v) is 8.90. The van der Waals surface area contributed by atoms with Crippen LogP contribution in [0.2, 0.25) is 5.02 Å². The van der Waals surface area contributed by atoms with Gasteiger partial charge >= 0.3 is 0 Å². The Labute approximate surface area is 197 Å². The maximum Gasteiger partial charge on any atom is 0.184 e. The highest BCUT2D eigenvalue weighted by Crippen LogP contribution is 2.32. The zero-order valence-electron chi connectivity index (χ0n) is 17.6. The van der Waals surface area contributed by atoms with Gasteiger partial charge in [-0.25, -0.2) is 0 Å². The van der Waals surface area contributed by atoms with Crippen molar-refractivity contribution in [1.29, 1.82) is 0 Å². The van der Waals surface area contributed by atoms with E-state index in [9.17, 15) is 4.79 Å². The highest BCUT2D eigenvalue weighted by molar-refractivity contribution is 7.80. The third-order valence-electron chi connectivity index (χ3n) is 6.13. The number of rotatable bonds is 2. The molecule has 4 nitrogen and oxygen atoms in total. The Hall–Kier alpha value is -3.02. The number of Topliss-reactive ketones (excluding diaryl/α,β-unsaturated/α-hetero) is 1. The van der Waals surface area contributed by atoms with Crippen molar-refractivity contribution in [3.8, 4) is 0 Å². The number of nitrogens with zero attached hydrogens (tertiary/aromatic N) is 2. The number of aliphatic imine (C=N–C) groups is 1. The largest absolute Gasteiger partial charge is 0.334 e. The zero-order valence-corrected chi connectivity index (χ0v) is 19.2. The molecule has 0 bridgehead atoms. The molecular weight excluding hydrogens is 438 g/mol. The Kier molecular flexibility index (Phi) is 5.53. The molecule has 5 rings (SSSR count). The van der Waals surface area contributed by atoms with Crippen molar-refractivity contribution in [1.82, 2.24) is 5.32 Å². The molecule has 0 amide bonds. The third kappa shape index (κ3) is 3.72. The van der Waals surface area contributed by atoms with E-state index in [0.29, 0.717) is 10.1 Å². The van der Waals surface area contributed by atoms with Crippen LogP contribution in [0.5, 0.6) is 0 Å². The van der Waals surface area contributed by atoms with Crippen molar-refractivity contribution in [2.75, 3.05) is 11.4 Å². The van der Waals surface area contributed by atoms with E-state index in [-0.39, 0.29) is 11.7 Å². The van der Waals surface area contributed by atoms with Crippen molar-refractivity contribution in [3.63, 3.8) is 0 Å². The van der Waals surface area contributed by atoms with Gasteiger partial charge < -0.3 is 10.2 Å². The molecule has 160 valence electrons. The molecule has 3 aromatic carbocycles. The molecule has 0 saturated carbocycles. The summed E-state index contributed by atoms with van der Waals surface area (Å²) in [4.78, 5) is 20.4. The van der Waals surface area contributed by atoms with Gasteiger partial charge in [0.05, 0.1) is 5.71 Å². The predicted octanol–water partition coefficient (Wildman–Crippen LogP) is 5.13. The second kappa shape index (κ2) is 8.49. The van der Waals surface area contributed by atoms with Crippen LogP contribution in [0.15, 0.2) is 77.8 Å². The number of hydrogen-bond acceptors (Lipinski definition) is 3. The summed E-state index contributed by atoms with van der Waals surface area (Å²) in [6.07, 6.45) is 0.141. The molecule has 1 N–H and O–H groups in total. The predicted molar refractivity (Wildman–Crippen MR) is 134 cm³/mol. The molecule has 0 radical (unpaired) electrons. The van der Waals surface area contributed by atoms with Gasteiger partial charge in [-0.3, -0.25) is 9.79 Å². The lowest BCUT2D eigenvalue weighted by molar-refractivity contribution is -0.121. The van der Waals surface area contributed by atoms with Gasteiger partial charge in [0, 0.05) is 34.3 Å². The number of carbonyl (C=O) groups excluding carboxylic acids is 1. The van der Waals surface area contributed by atoms with Crippen LogP contribution in [0.3, 0.4) is 0 Å². The number of thiocarbonyl (C=S) groups is 1. The number of nitrogens with one attached hydrogen (secondary N) is 1. The van der Waals surface area contributed by atoms with Crippen molar-refractivity contribution >= 4 is 46.1 Å². The molecule has 0 aliphatic carbocycles. The topological polar surface area (TPSA) is 44.7 Å². The monoisotopic (exact) mass is 459 g/mol. The molecule has 2 aliphatic rings. The quantitative estimate of drug-likeness (QED) is 0.540. The number of ketones is 1. The first kappa shape index (κ1) is 20.9. The van der Waals surface area contributed by atoms with Gasteiger partial charge in [0.25, 0.3) is 0 Å². The molecular formula is C26H22ClN3OS. The van der Waals surface area contributed by atoms with Gasteiger partial charge in [-0.05, 0) is 48.0 Å². The minimum Gasteiger partial charge on any atom is -0.334 e. The molecule has 6 heteroatoms. The van der Waals surface area contributed by atoms with Gasteiger partial charge in [0.15, 0.2) is 17.1 Å². The molecule has 2 aliphatic heterocycles. The SMILES string of the molecule is CC1C(=O)C(NC(=S)N2CCc3ccccc32)N=C(c2ccccc2)c2cc(Cl)ccc21. The first-order valence-electron chi connectivity index (χ1n) is 10.7. The molecule has 3 aromatic rings. The third-order valence-corrected chi connectivity index (χ3v) is 6.70. The average molecular weight is 460 g/mol. The van der Waals surface area contributed by atoms with Crippen LogP contribution >= 0.6 is 23.8 Å². The van der Waals surface area contributed by atoms with E-state index in [4.69, 9.17) is 28.8 Å². The van der Waals surface area contributed by atoms with E-state index in [1.807, 2.05) is 67.6 Å². The van der Waals surface area contributed by atoms with Crippen molar-refractivity contribution in [3.05, 3.63) is 100 Å². The van der Waals surface area contributed by atoms with E-state index in [1.165, 1.54) is 5.56 Å². The fourth-order valence-electron chi connectivity index (χ4n) is 4.44. The highest BCUT2D eigenvalue weighted by atomic mass is 35.5. The summed E-state index contributed by atoms with van der Waals surface area (Å²) < 4.78 is 0. The van der Waals surface area contributed by atoms with Gasteiger partial charge in [-0.2, -0.15) is 0 Å². The molecule has 2 heterocycles. The fraction of sp³-hybridized carbons (Fsp3) is 0.192. The van der Waals surface area contributed by atoms with Gasteiger partial charge in [0.1, 0.15) is 0 Å². The van der Waals surface area contributed by atoms with Gasteiger partial charge in [-0.15, -0.1) is 0 Å². The summed E-state index contributed by atoms with van der Waals surface area (Å²) in [6, 6.07) is 23.7. The van der Waals surface area contributed by atoms with Crippen molar-refractivity contribution in [2.24, 2.45) is 4.99 Å². The van der Waals surface area contributed by atoms with Crippen LogP contribution in [-0.4, -0.2) is 29.3 Å². The van der Waals surface area contributed by atoms with E-state index < -0.39 is 6.17 Å². The minimum absolute atomic E-state index is 0.0191. The van der Waals surface area contributed by atoms with Crippen LogP contribution in [0.4, 0.5) is 5.69 Å². The Morgan fingerprint density at radius 3 is 2.66 bits per heavy atom. The average Bonchev–Trinajstić information content (AvgIpc) is 3.22. The molecule has 2 unspecified atom stereocenters. The van der Waals surface area contributed by atoms with Crippen molar-refractivity contribution < 1.29 is 4.79 Å². The maximum atomic E-state index is 13.5. The number of anilines is 1. The lowest BCUT2D eigenvalue weighted by Gasteiger charge is -2.24. The first-order valence-corrected chi connectivity index (χ1v) is 11.4. The Morgan fingerprint density at radius 2 is 1.84 bits per heavy atom. The number of benzene rings is 3. The van der Waals surface area contributed by atoms with Crippen LogP contribution in [-0.2, 0) is 11.2 Å². The normalized spacial score (nSPS) is 19.6. The summed E-state index contributed by atoms with van der Waals surface area (Å²) in [7, 11) is 0. The van der Waals surface area contributed by atoms with Gasteiger partial charge in [-0.1, -0.05) is 73.1 Å². The smallest absolute Gasteiger partial charge is 0.184 e. The highest BCUT2D eigenvalue weighted by Gasteiger charge is 2.33. The van der Waals surface area contributed by atoms with E-state index in [0.717, 1.165) is 41.1 Å². The minimum atomic E-state index is -0.786. The number of fused-ring (bicyclic) bond motifs is 2. The molecule has 0 aromatic heterocycles. The standard InChI is InChI=1S/C26H22ClN3OS/c1-16-20-12-11-19(27)15-21(20)23(18-8-3-2-4-9-18)28-25(24(16)31)29-26(32)30-14-13-17-7-5-6-10-22(17)30/h2-12,15-16,25H,13-14H2,1H3,(H,29,32). The van der Waals surface area contributed by atoms with Crippen LogP contribution < -0.4 is 10.2 Å². The number of hydrogen-bond donors (Lipinski definition) is 1. The molecule has 32 heavy (non-hydrogen) atoms. The Bertz CT molecular complexity index is 1240. The van der Waals surface area contributed by atoms with Crippen LogP contribution in [0.1, 0.15) is 35.1 Å². The summed E-state index contributed by atoms with van der Waals surface area (Å²) >= 11 is 12.1. The lowest BCUT2D eigenvalue weighted by atomic mass is 9.89. The second-order valence-electron chi connectivity index (χ2n) is 8.08. The fourth-order valence-corrected chi connectivity index (χ4v) is 4.91. The Morgan fingerprint density at radius 1 is 1.09 bits per heavy atom. The lowest BCUT2D eigenvalue weighted by Crippen LogP contribution is -2.47. The molecule has 0 spiro atoms. The summed E-state index contributed by atoms with van der Waals surface area (Å²) in [5.41, 5.74) is 5.81. The van der Waals surface area contributed by atoms with E-state index in [1.54, 1.807) is 0 Å². The number of carbonyl (C=O) groups is 1. The maximum absolute atomic E-state index is 13.5. The summed E-state index contributed by atoms with van der Waals surface area (Å²) in [6.45, 7) is 2.70. The molecule has 0 saturated heterocycles. The van der Waals surface area contributed by atoms with E-state index in [2.05, 4.69) is 22.3 Å². The molecule has 0 fully saturated rings.